The van der Waals surface area contributed by atoms with Crippen molar-refractivity contribution in [1.82, 2.24) is 0 Å². The van der Waals surface area contributed by atoms with E-state index in [1.165, 1.54) is 6.26 Å². The molecule has 1 aromatic rings. The van der Waals surface area contributed by atoms with Gasteiger partial charge in [0.1, 0.15) is 9.84 Å². The fourth-order valence-electron chi connectivity index (χ4n) is 1.17. The first-order valence-electron chi connectivity index (χ1n) is 4.75. The highest BCUT2D eigenvalue weighted by molar-refractivity contribution is 9.10. The second kappa shape index (κ2) is 5.89. The van der Waals surface area contributed by atoms with Crippen molar-refractivity contribution in [2.75, 3.05) is 23.9 Å². The zero-order valence-corrected chi connectivity index (χ0v) is 12.0. The van der Waals surface area contributed by atoms with Crippen LogP contribution in [0.1, 0.15) is 6.42 Å². The van der Waals surface area contributed by atoms with Gasteiger partial charge in [0, 0.05) is 23.0 Å². The second-order valence-corrected chi connectivity index (χ2v) is 7.06. The van der Waals surface area contributed by atoms with Crippen LogP contribution in [0.25, 0.3) is 0 Å². The zero-order valence-electron chi connectivity index (χ0n) is 8.83. The maximum Gasteiger partial charge on any atom is 0.147 e. The molecule has 0 aromatic heterocycles. The lowest BCUT2D eigenvalue weighted by molar-refractivity contribution is 0.600. The molecule has 0 bridgehead atoms. The van der Waals surface area contributed by atoms with Crippen LogP contribution in [0.4, 0.5) is 5.69 Å². The number of halogens is 2. The SMILES string of the molecule is CS(=O)(=O)CCCNc1ccc(Cl)c(Br)c1. The number of sulfone groups is 1. The highest BCUT2D eigenvalue weighted by atomic mass is 79.9. The first-order chi connectivity index (χ1) is 7.38. The molecule has 0 aliphatic heterocycles. The van der Waals surface area contributed by atoms with E-state index in [1.54, 1.807) is 6.07 Å². The molecule has 1 aromatic carbocycles. The lowest BCUT2D eigenvalue weighted by atomic mass is 10.3. The molecule has 0 aliphatic carbocycles. The molecule has 0 spiro atoms. The van der Waals surface area contributed by atoms with Crippen LogP contribution >= 0.6 is 27.5 Å². The van der Waals surface area contributed by atoms with Crippen molar-refractivity contribution in [1.29, 1.82) is 0 Å². The third-order valence-electron chi connectivity index (χ3n) is 1.94. The Kier molecular flexibility index (Phi) is 5.08. The predicted octanol–water partition coefficient (Wildman–Crippen LogP) is 2.95. The maximum atomic E-state index is 10.9. The number of benzene rings is 1. The van der Waals surface area contributed by atoms with Crippen LogP contribution < -0.4 is 5.32 Å². The van der Waals surface area contributed by atoms with E-state index in [2.05, 4.69) is 21.2 Å². The Morgan fingerprint density at radius 3 is 2.69 bits per heavy atom. The van der Waals surface area contributed by atoms with E-state index in [-0.39, 0.29) is 5.75 Å². The van der Waals surface area contributed by atoms with Gasteiger partial charge in [-0.25, -0.2) is 8.42 Å². The molecule has 6 heteroatoms. The van der Waals surface area contributed by atoms with Crippen molar-refractivity contribution in [2.45, 2.75) is 6.42 Å². The molecule has 16 heavy (non-hydrogen) atoms. The van der Waals surface area contributed by atoms with E-state index >= 15 is 0 Å². The van der Waals surface area contributed by atoms with Crippen molar-refractivity contribution in [3.63, 3.8) is 0 Å². The summed E-state index contributed by atoms with van der Waals surface area (Å²) in [4.78, 5) is 0. The topological polar surface area (TPSA) is 46.2 Å². The molecule has 1 rings (SSSR count). The molecule has 0 amide bonds. The Bertz CT molecular complexity index is 462. The molecule has 0 radical (unpaired) electrons. The molecular weight excluding hydrogens is 314 g/mol. The van der Waals surface area contributed by atoms with Crippen LogP contribution in [-0.4, -0.2) is 27.0 Å². The average molecular weight is 327 g/mol. The Hall–Kier alpha value is -0.260. The van der Waals surface area contributed by atoms with E-state index < -0.39 is 9.84 Å². The summed E-state index contributed by atoms with van der Waals surface area (Å²) in [6.45, 7) is 0.626. The molecule has 3 nitrogen and oxygen atoms in total. The summed E-state index contributed by atoms with van der Waals surface area (Å²) in [7, 11) is -2.86. The minimum absolute atomic E-state index is 0.203. The third-order valence-corrected chi connectivity index (χ3v) is 4.18. The maximum absolute atomic E-state index is 10.9. The van der Waals surface area contributed by atoms with Crippen molar-refractivity contribution in [3.05, 3.63) is 27.7 Å². The van der Waals surface area contributed by atoms with Crippen LogP contribution in [-0.2, 0) is 9.84 Å². The fourth-order valence-corrected chi connectivity index (χ4v) is 2.34. The van der Waals surface area contributed by atoms with Crippen LogP contribution in [0.15, 0.2) is 22.7 Å². The number of nitrogens with one attached hydrogen (secondary N) is 1. The number of anilines is 1. The van der Waals surface area contributed by atoms with Gasteiger partial charge >= 0.3 is 0 Å². The monoisotopic (exact) mass is 325 g/mol. The van der Waals surface area contributed by atoms with Crippen molar-refractivity contribution >= 4 is 43.1 Å². The van der Waals surface area contributed by atoms with Gasteiger partial charge in [-0.1, -0.05) is 11.6 Å². The van der Waals surface area contributed by atoms with Gasteiger partial charge in [-0.05, 0) is 40.5 Å². The van der Waals surface area contributed by atoms with Gasteiger partial charge in [0.15, 0.2) is 0 Å². The summed E-state index contributed by atoms with van der Waals surface area (Å²) in [5.41, 5.74) is 0.921. The normalized spacial score (nSPS) is 11.4. The molecule has 1 N–H and O–H groups in total. The lowest BCUT2D eigenvalue weighted by Gasteiger charge is -2.06. The van der Waals surface area contributed by atoms with Gasteiger partial charge < -0.3 is 5.32 Å². The molecule has 0 saturated carbocycles. The summed E-state index contributed by atoms with van der Waals surface area (Å²) < 4.78 is 22.6. The summed E-state index contributed by atoms with van der Waals surface area (Å²) in [6.07, 6.45) is 1.84. The van der Waals surface area contributed by atoms with Gasteiger partial charge in [-0.15, -0.1) is 0 Å². The highest BCUT2D eigenvalue weighted by Gasteiger charge is 2.02. The van der Waals surface area contributed by atoms with Gasteiger partial charge in [0.05, 0.1) is 10.8 Å². The van der Waals surface area contributed by atoms with Crippen molar-refractivity contribution < 1.29 is 8.42 Å². The first kappa shape index (κ1) is 13.8. The number of rotatable bonds is 5. The molecule has 0 fully saturated rings. The van der Waals surface area contributed by atoms with E-state index in [1.807, 2.05) is 12.1 Å². The van der Waals surface area contributed by atoms with Crippen LogP contribution in [0.3, 0.4) is 0 Å². The fraction of sp³-hybridized carbons (Fsp3) is 0.400. The largest absolute Gasteiger partial charge is 0.385 e. The van der Waals surface area contributed by atoms with Gasteiger partial charge in [-0.3, -0.25) is 0 Å². The molecule has 0 heterocycles. The Balaban J connectivity index is 2.41. The quantitative estimate of drug-likeness (QED) is 0.846. The Labute approximate surface area is 109 Å². The molecule has 0 aliphatic rings. The van der Waals surface area contributed by atoms with Gasteiger partial charge in [0.2, 0.25) is 0 Å². The molecule has 90 valence electrons. The van der Waals surface area contributed by atoms with E-state index in [0.29, 0.717) is 18.0 Å². The molecule has 0 unspecified atom stereocenters. The summed E-state index contributed by atoms with van der Waals surface area (Å²) >= 11 is 9.17. The highest BCUT2D eigenvalue weighted by Crippen LogP contribution is 2.25. The van der Waals surface area contributed by atoms with Crippen LogP contribution in [0, 0.1) is 0 Å². The number of hydrogen-bond donors (Lipinski definition) is 1. The van der Waals surface area contributed by atoms with E-state index in [9.17, 15) is 8.42 Å². The van der Waals surface area contributed by atoms with E-state index in [4.69, 9.17) is 11.6 Å². The third kappa shape index (κ3) is 5.18. The first-order valence-corrected chi connectivity index (χ1v) is 7.98. The van der Waals surface area contributed by atoms with Crippen molar-refractivity contribution in [2.24, 2.45) is 0 Å². The van der Waals surface area contributed by atoms with Gasteiger partial charge in [-0.2, -0.15) is 0 Å². The lowest BCUT2D eigenvalue weighted by Crippen LogP contribution is -2.09. The minimum atomic E-state index is -2.86. The van der Waals surface area contributed by atoms with Gasteiger partial charge in [0.25, 0.3) is 0 Å². The van der Waals surface area contributed by atoms with E-state index in [0.717, 1.165) is 10.2 Å². The molecule has 0 atom stereocenters. The second-order valence-electron chi connectivity index (χ2n) is 3.54. The summed E-state index contributed by atoms with van der Waals surface area (Å²) in [6, 6.07) is 5.50. The predicted molar refractivity (Wildman–Crippen MR) is 72.0 cm³/mol. The standard InChI is InChI=1S/C10H13BrClNO2S/c1-16(14,15)6-2-5-13-8-3-4-10(12)9(11)7-8/h3-4,7,13H,2,5-6H2,1H3. The Morgan fingerprint density at radius 2 is 2.12 bits per heavy atom. The van der Waals surface area contributed by atoms with Crippen molar-refractivity contribution in [3.8, 4) is 0 Å². The number of hydrogen-bond acceptors (Lipinski definition) is 3. The zero-order chi connectivity index (χ0) is 12.2. The minimum Gasteiger partial charge on any atom is -0.385 e. The molecule has 0 saturated heterocycles. The molecular formula is C10H13BrClNO2S. The summed E-state index contributed by atoms with van der Waals surface area (Å²) in [5, 5.41) is 3.79. The van der Waals surface area contributed by atoms with Crippen LogP contribution in [0.5, 0.6) is 0 Å². The van der Waals surface area contributed by atoms with Crippen LogP contribution in [0.2, 0.25) is 5.02 Å². The smallest absolute Gasteiger partial charge is 0.147 e. The Morgan fingerprint density at radius 1 is 1.44 bits per heavy atom. The average Bonchev–Trinajstić information content (AvgIpc) is 2.17. The summed E-state index contributed by atoms with van der Waals surface area (Å²) in [5.74, 6) is 0.203.